The molecule has 0 radical (unpaired) electrons. The molecule has 1 atom stereocenters. The zero-order chi connectivity index (χ0) is 16.1. The van der Waals surface area contributed by atoms with Gasteiger partial charge in [0.2, 0.25) is 0 Å². The maximum absolute atomic E-state index is 11.1. The number of hydrogen-bond acceptors (Lipinski definition) is 2. The van der Waals surface area contributed by atoms with Gasteiger partial charge in [-0.2, -0.15) is 0 Å². The summed E-state index contributed by atoms with van der Waals surface area (Å²) < 4.78 is 16.0. The monoisotopic (exact) mass is 314 g/mol. The minimum absolute atomic E-state index is 0.00955. The first kappa shape index (κ1) is 18.2. The highest BCUT2D eigenvalue weighted by atomic mass is 31.2. The summed E-state index contributed by atoms with van der Waals surface area (Å²) in [5, 5.41) is 0. The van der Waals surface area contributed by atoms with Crippen LogP contribution in [0, 0.1) is 0 Å². The molecule has 0 aliphatic heterocycles. The third-order valence-electron chi connectivity index (χ3n) is 4.22. The van der Waals surface area contributed by atoms with Crippen LogP contribution in [0.5, 0.6) is 5.75 Å². The van der Waals surface area contributed by atoms with Crippen LogP contribution in [0.3, 0.4) is 0 Å². The van der Waals surface area contributed by atoms with Gasteiger partial charge in [-0.3, -0.25) is 9.79 Å². The molecule has 0 spiro atoms. The lowest BCUT2D eigenvalue weighted by Crippen LogP contribution is -2.23. The lowest BCUT2D eigenvalue weighted by Gasteiger charge is -2.32. The summed E-state index contributed by atoms with van der Waals surface area (Å²) in [6.07, 6.45) is 5.01. The highest BCUT2D eigenvalue weighted by molar-refractivity contribution is 7.46. The minimum atomic E-state index is -4.53. The lowest BCUT2D eigenvalue weighted by atomic mass is 9.73. The highest BCUT2D eigenvalue weighted by Gasteiger charge is 2.29. The van der Waals surface area contributed by atoms with E-state index in [2.05, 4.69) is 26.8 Å². The summed E-state index contributed by atoms with van der Waals surface area (Å²) in [5.41, 5.74) is 2.06. The molecule has 1 unspecified atom stereocenters. The lowest BCUT2D eigenvalue weighted by molar-refractivity contribution is 0.281. The molecule has 0 amide bonds. The van der Waals surface area contributed by atoms with Gasteiger partial charge in [-0.05, 0) is 41.9 Å². The second-order valence-corrected chi connectivity index (χ2v) is 6.90. The largest absolute Gasteiger partial charge is 0.524 e. The van der Waals surface area contributed by atoms with Crippen LogP contribution in [0.25, 0.3) is 0 Å². The Balaban J connectivity index is 3.28. The zero-order valence-corrected chi connectivity index (χ0v) is 14.3. The second kappa shape index (κ2) is 7.44. The van der Waals surface area contributed by atoms with E-state index in [0.717, 1.165) is 36.8 Å². The molecule has 1 aromatic carbocycles. The molecule has 4 nitrogen and oxygen atoms in total. The van der Waals surface area contributed by atoms with Crippen molar-refractivity contribution in [3.05, 3.63) is 29.3 Å². The topological polar surface area (TPSA) is 66.8 Å². The number of unbranched alkanes of at least 4 members (excludes halogenated alkanes) is 1. The van der Waals surface area contributed by atoms with E-state index in [1.165, 1.54) is 0 Å². The molecule has 21 heavy (non-hydrogen) atoms. The van der Waals surface area contributed by atoms with Gasteiger partial charge in [0.15, 0.2) is 0 Å². The fraction of sp³-hybridized carbons (Fsp3) is 0.625. The van der Waals surface area contributed by atoms with Crippen LogP contribution in [-0.2, 0) is 16.4 Å². The second-order valence-electron chi connectivity index (χ2n) is 5.74. The Labute approximate surface area is 127 Å². The van der Waals surface area contributed by atoms with Crippen molar-refractivity contribution in [3.8, 4) is 5.75 Å². The number of phosphoric ester groups is 1. The van der Waals surface area contributed by atoms with Crippen molar-refractivity contribution in [3.63, 3.8) is 0 Å². The van der Waals surface area contributed by atoms with E-state index in [-0.39, 0.29) is 5.41 Å². The fourth-order valence-electron chi connectivity index (χ4n) is 2.78. The summed E-state index contributed by atoms with van der Waals surface area (Å²) in [6, 6.07) is 5.52. The number of rotatable bonds is 8. The first-order valence-corrected chi connectivity index (χ1v) is 9.18. The predicted octanol–water partition coefficient (Wildman–Crippen LogP) is 4.58. The molecule has 1 aromatic rings. The van der Waals surface area contributed by atoms with Crippen LogP contribution < -0.4 is 4.52 Å². The molecule has 2 N–H and O–H groups in total. The van der Waals surface area contributed by atoms with Gasteiger partial charge < -0.3 is 4.52 Å². The molecule has 0 aliphatic carbocycles. The normalized spacial score (nSPS) is 14.8. The van der Waals surface area contributed by atoms with Gasteiger partial charge in [0.05, 0.1) is 0 Å². The van der Waals surface area contributed by atoms with Crippen molar-refractivity contribution in [1.29, 1.82) is 0 Å². The third kappa shape index (κ3) is 4.84. The van der Waals surface area contributed by atoms with Gasteiger partial charge in [0, 0.05) is 0 Å². The van der Waals surface area contributed by atoms with Crippen molar-refractivity contribution >= 4 is 7.82 Å². The molecule has 5 heteroatoms. The molecular weight excluding hydrogens is 287 g/mol. The third-order valence-corrected chi connectivity index (χ3v) is 4.65. The molecule has 0 saturated carbocycles. The van der Waals surface area contributed by atoms with Crippen LogP contribution in [0.1, 0.15) is 64.5 Å². The first-order valence-electron chi connectivity index (χ1n) is 7.65. The first-order chi connectivity index (χ1) is 9.77. The molecule has 0 aliphatic rings. The number of phosphoric acid groups is 1. The molecule has 0 heterocycles. The summed E-state index contributed by atoms with van der Waals surface area (Å²) >= 11 is 0. The summed E-state index contributed by atoms with van der Waals surface area (Å²) in [6.45, 7) is 8.54. The number of hydrogen-bond donors (Lipinski definition) is 2. The molecular formula is C16H27O4P. The van der Waals surface area contributed by atoms with Crippen molar-refractivity contribution in [1.82, 2.24) is 0 Å². The van der Waals surface area contributed by atoms with Crippen LogP contribution in [0.2, 0.25) is 0 Å². The van der Waals surface area contributed by atoms with Gasteiger partial charge in [-0.25, -0.2) is 4.57 Å². The van der Waals surface area contributed by atoms with Crippen LogP contribution in [0.4, 0.5) is 0 Å². The smallest absolute Gasteiger partial charge is 0.404 e. The Morgan fingerprint density at radius 2 is 1.90 bits per heavy atom. The molecule has 0 bridgehead atoms. The van der Waals surface area contributed by atoms with Crippen LogP contribution in [-0.4, -0.2) is 9.79 Å². The van der Waals surface area contributed by atoms with E-state index in [4.69, 9.17) is 14.3 Å². The number of benzene rings is 1. The highest BCUT2D eigenvalue weighted by Crippen LogP contribution is 2.43. The molecule has 0 saturated heterocycles. The van der Waals surface area contributed by atoms with E-state index in [0.29, 0.717) is 12.2 Å². The quantitative estimate of drug-likeness (QED) is 0.689. The van der Waals surface area contributed by atoms with Crippen molar-refractivity contribution in [2.75, 3.05) is 0 Å². The maximum atomic E-state index is 11.1. The van der Waals surface area contributed by atoms with Crippen molar-refractivity contribution < 1.29 is 18.9 Å². The van der Waals surface area contributed by atoms with Gasteiger partial charge in [-0.1, -0.05) is 52.7 Å². The molecule has 120 valence electrons. The zero-order valence-electron chi connectivity index (χ0n) is 13.4. The van der Waals surface area contributed by atoms with E-state index in [1.807, 2.05) is 13.0 Å². The van der Waals surface area contributed by atoms with E-state index >= 15 is 0 Å². The van der Waals surface area contributed by atoms with Crippen molar-refractivity contribution in [2.24, 2.45) is 0 Å². The Bertz CT molecular complexity index is 509. The average molecular weight is 314 g/mol. The Hall–Kier alpha value is -0.830. The fourth-order valence-corrected chi connectivity index (χ4v) is 3.21. The van der Waals surface area contributed by atoms with E-state index < -0.39 is 7.82 Å². The molecule has 0 aromatic heterocycles. The van der Waals surface area contributed by atoms with E-state index in [1.54, 1.807) is 6.07 Å². The van der Waals surface area contributed by atoms with Gasteiger partial charge in [0.25, 0.3) is 0 Å². The SMILES string of the molecule is CCCCC(C)(CC)c1cccc(OP(=O)(O)O)c1CC. The average Bonchev–Trinajstić information content (AvgIpc) is 2.42. The van der Waals surface area contributed by atoms with Gasteiger partial charge in [0.1, 0.15) is 5.75 Å². The van der Waals surface area contributed by atoms with E-state index in [9.17, 15) is 4.57 Å². The van der Waals surface area contributed by atoms with Crippen LogP contribution >= 0.6 is 7.82 Å². The van der Waals surface area contributed by atoms with Crippen molar-refractivity contribution in [2.45, 2.75) is 65.2 Å². The molecule has 1 rings (SSSR count). The molecule has 0 fully saturated rings. The summed E-state index contributed by atoms with van der Waals surface area (Å²) in [7, 11) is -4.53. The Morgan fingerprint density at radius 3 is 2.38 bits per heavy atom. The van der Waals surface area contributed by atoms with Gasteiger partial charge in [-0.15, -0.1) is 0 Å². The van der Waals surface area contributed by atoms with Gasteiger partial charge >= 0.3 is 7.82 Å². The summed E-state index contributed by atoms with van der Waals surface area (Å²) in [4.78, 5) is 18.1. The van der Waals surface area contributed by atoms with Crippen LogP contribution in [0.15, 0.2) is 18.2 Å². The standard InChI is InChI=1S/C16H27O4P/c1-5-8-12-16(4,7-3)14-10-9-11-15(13(14)6-2)20-21(17,18)19/h9-11H,5-8,12H2,1-4H3,(H2,17,18,19). The minimum Gasteiger partial charge on any atom is -0.404 e. The predicted molar refractivity (Wildman–Crippen MR) is 85.7 cm³/mol. The summed E-state index contributed by atoms with van der Waals surface area (Å²) in [5.74, 6) is 0.305. The Kier molecular flexibility index (Phi) is 6.45. The Morgan fingerprint density at radius 1 is 1.24 bits per heavy atom. The maximum Gasteiger partial charge on any atom is 0.524 e.